The Labute approximate surface area is 183 Å². The number of rotatable bonds is 0. The van der Waals surface area contributed by atoms with Gasteiger partial charge in [-0.3, -0.25) is 9.11 Å². The molecule has 0 aromatic heterocycles. The van der Waals surface area contributed by atoms with Gasteiger partial charge in [-0.05, 0) is 0 Å². The first-order valence-corrected chi connectivity index (χ1v) is 4.44. The molecule has 0 atom stereocenters. The predicted octanol–water partition coefficient (Wildman–Crippen LogP) is -4.35. The van der Waals surface area contributed by atoms with E-state index < -0.39 is 18.2 Å². The SMILES string of the molecule is Cl.O=P(O)(O)O.O=S(=O)(O)O.[Ca+2].[H-].[H-].[H-].[H-].[H-].[K+].[Mg+2]. The molecule has 0 rings (SSSR count). The van der Waals surface area contributed by atoms with Crippen LogP contribution < -0.4 is 51.4 Å². The van der Waals surface area contributed by atoms with E-state index in [9.17, 15) is 0 Å². The molecule has 14 heavy (non-hydrogen) atoms. The summed E-state index contributed by atoms with van der Waals surface area (Å²) in [5.41, 5.74) is 0. The summed E-state index contributed by atoms with van der Waals surface area (Å²) in [7, 11) is -9.31. The molecule has 0 radical (unpaired) electrons. The summed E-state index contributed by atoms with van der Waals surface area (Å²) >= 11 is 0. The van der Waals surface area contributed by atoms with Gasteiger partial charge in [-0.25, -0.2) is 4.57 Å². The van der Waals surface area contributed by atoms with Gasteiger partial charge in [-0.15, -0.1) is 12.4 Å². The fourth-order valence-corrected chi connectivity index (χ4v) is 0. The monoisotopic (exact) mass is 340 g/mol. The summed E-state index contributed by atoms with van der Waals surface area (Å²) in [6.45, 7) is 0. The van der Waals surface area contributed by atoms with Gasteiger partial charge < -0.3 is 21.8 Å². The van der Waals surface area contributed by atoms with E-state index in [1.54, 1.807) is 0 Å². The molecule has 8 nitrogen and oxygen atoms in total. The molecular weight excluding hydrogens is 330 g/mol. The normalized spacial score (nSPS) is 8.36. The van der Waals surface area contributed by atoms with Crippen LogP contribution in [0.1, 0.15) is 7.13 Å². The molecule has 0 unspecified atom stereocenters. The fourth-order valence-electron chi connectivity index (χ4n) is 0. The second-order valence-corrected chi connectivity index (χ2v) is 2.88. The van der Waals surface area contributed by atoms with Crippen molar-refractivity contribution < 1.29 is 95.3 Å². The van der Waals surface area contributed by atoms with Crippen LogP contribution in [-0.4, -0.2) is 93.0 Å². The zero-order valence-electron chi connectivity index (χ0n) is 12.1. The molecule has 5 N–H and O–H groups in total. The maximum absolute atomic E-state index is 8.88. The van der Waals surface area contributed by atoms with Gasteiger partial charge in [-0.1, -0.05) is 0 Å². The van der Waals surface area contributed by atoms with Crippen LogP contribution in [-0.2, 0) is 15.0 Å². The molecule has 0 saturated heterocycles. The van der Waals surface area contributed by atoms with Gasteiger partial charge in [0.1, 0.15) is 0 Å². The van der Waals surface area contributed by atoms with Crippen molar-refractivity contribution in [3.05, 3.63) is 0 Å². The Kier molecular flexibility index (Phi) is 43.7. The summed E-state index contributed by atoms with van der Waals surface area (Å²) in [6.07, 6.45) is 0. The topological polar surface area (TPSA) is 152 Å². The zero-order valence-corrected chi connectivity index (χ0v) is 16.4. The molecule has 0 aromatic rings. The maximum Gasteiger partial charge on any atom is 2.00 e. The number of hydrogen-bond acceptors (Lipinski definition) is 3. The largest absolute Gasteiger partial charge is 2.00 e. The van der Waals surface area contributed by atoms with Crippen molar-refractivity contribution in [1.29, 1.82) is 0 Å². The maximum atomic E-state index is 8.88. The minimum atomic E-state index is -4.67. The van der Waals surface area contributed by atoms with Gasteiger partial charge in [0.05, 0.1) is 0 Å². The summed E-state index contributed by atoms with van der Waals surface area (Å²) < 4.78 is 40.5. The van der Waals surface area contributed by atoms with E-state index in [1.165, 1.54) is 0 Å². The van der Waals surface area contributed by atoms with Crippen molar-refractivity contribution >= 4 is 91.4 Å². The van der Waals surface area contributed by atoms with Gasteiger partial charge in [0.15, 0.2) is 0 Å². The Hall–Kier alpha value is 3.93. The van der Waals surface area contributed by atoms with Crippen molar-refractivity contribution in [1.82, 2.24) is 0 Å². The smallest absolute Gasteiger partial charge is 1.00 e. The molecule has 14 heteroatoms. The van der Waals surface area contributed by atoms with Crippen molar-refractivity contribution in [2.24, 2.45) is 0 Å². The van der Waals surface area contributed by atoms with Gasteiger partial charge in [0.2, 0.25) is 0 Å². The molecule has 0 bridgehead atoms. The van der Waals surface area contributed by atoms with Gasteiger partial charge >= 0.3 is 130 Å². The molecule has 0 amide bonds. The molecular formula is H11CaClKMgO8PS. The van der Waals surface area contributed by atoms with Crippen LogP contribution in [0.5, 0.6) is 0 Å². The average molecular weight is 341 g/mol. The van der Waals surface area contributed by atoms with Crippen LogP contribution in [0.2, 0.25) is 0 Å². The third kappa shape index (κ3) is 230. The molecule has 0 aromatic carbocycles. The summed E-state index contributed by atoms with van der Waals surface area (Å²) in [5.74, 6) is 0. The number of hydrogen-bond donors (Lipinski definition) is 5. The second kappa shape index (κ2) is 16.9. The molecule has 0 heterocycles. The van der Waals surface area contributed by atoms with Crippen molar-refractivity contribution in [2.75, 3.05) is 0 Å². The third-order valence-electron chi connectivity index (χ3n) is 0. The zero-order chi connectivity index (χ0) is 9.00. The second-order valence-electron chi connectivity index (χ2n) is 0.961. The number of halogens is 1. The van der Waals surface area contributed by atoms with Crippen molar-refractivity contribution in [3.8, 4) is 0 Å². The Morgan fingerprint density at radius 3 is 1.07 bits per heavy atom. The predicted molar refractivity (Wildman–Crippen MR) is 52.8 cm³/mol. The fraction of sp³-hybridized carbons (Fsp3) is 0. The quantitative estimate of drug-likeness (QED) is 0.168. The number of phosphoric acid groups is 1. The van der Waals surface area contributed by atoms with E-state index in [4.69, 9.17) is 36.8 Å². The standard InChI is InChI=1S/Ca.ClH.K.Mg.H3O4P.H2O4S.5H/c;;;;2*1-5(2,3)4;;;;;/h;1H;;;(H3,1,2,3,4);(H2,1,2,3,4);;;;;/q+2;;+1;+2;;;5*-1. The first-order chi connectivity index (χ1) is 4.00. The Balaban J connectivity index is -0.00000000508. The van der Waals surface area contributed by atoms with Crippen LogP contribution in [0.3, 0.4) is 0 Å². The third-order valence-corrected chi connectivity index (χ3v) is 0. The molecule has 0 saturated carbocycles. The van der Waals surface area contributed by atoms with Crippen molar-refractivity contribution in [3.63, 3.8) is 0 Å². The van der Waals surface area contributed by atoms with E-state index in [-0.39, 0.29) is 132 Å². The van der Waals surface area contributed by atoms with E-state index in [0.717, 1.165) is 0 Å². The molecule has 0 aliphatic carbocycles. The summed E-state index contributed by atoms with van der Waals surface area (Å²) in [5, 5.41) is 0. The van der Waals surface area contributed by atoms with E-state index in [0.29, 0.717) is 0 Å². The molecule has 0 fully saturated rings. The van der Waals surface area contributed by atoms with Gasteiger partial charge in [0, 0.05) is 0 Å². The van der Waals surface area contributed by atoms with Crippen LogP contribution >= 0.6 is 20.2 Å². The molecule has 82 valence electrons. The minimum Gasteiger partial charge on any atom is -1.00 e. The van der Waals surface area contributed by atoms with Gasteiger partial charge in [-0.2, -0.15) is 8.42 Å². The Morgan fingerprint density at radius 1 is 1.07 bits per heavy atom. The van der Waals surface area contributed by atoms with Gasteiger partial charge in [0.25, 0.3) is 0 Å². The van der Waals surface area contributed by atoms with E-state index in [2.05, 4.69) is 0 Å². The van der Waals surface area contributed by atoms with E-state index >= 15 is 0 Å². The Morgan fingerprint density at radius 2 is 1.07 bits per heavy atom. The molecule has 0 spiro atoms. The summed E-state index contributed by atoms with van der Waals surface area (Å²) in [6, 6.07) is 0. The average Bonchev–Trinajstić information content (AvgIpc) is 1.12. The van der Waals surface area contributed by atoms with Crippen molar-refractivity contribution in [2.45, 2.75) is 0 Å². The summed E-state index contributed by atoms with van der Waals surface area (Å²) in [4.78, 5) is 21.6. The first kappa shape index (κ1) is 36.1. The molecule has 0 aliphatic rings. The van der Waals surface area contributed by atoms with Crippen LogP contribution in [0.15, 0.2) is 0 Å². The molecule has 0 aliphatic heterocycles. The first-order valence-electron chi connectivity index (χ1n) is 1.48. The Bertz CT molecular complexity index is 223. The van der Waals surface area contributed by atoms with E-state index in [1.807, 2.05) is 0 Å². The van der Waals surface area contributed by atoms with Crippen LogP contribution in [0.4, 0.5) is 0 Å². The van der Waals surface area contributed by atoms with Crippen LogP contribution in [0.25, 0.3) is 0 Å². The minimum absolute atomic E-state index is 0. The van der Waals surface area contributed by atoms with Crippen LogP contribution in [0, 0.1) is 0 Å².